The minimum Gasteiger partial charge on any atom is -0.490 e. The van der Waals surface area contributed by atoms with E-state index in [1.165, 1.54) is 0 Å². The highest BCUT2D eigenvalue weighted by Gasteiger charge is 2.18. The van der Waals surface area contributed by atoms with Gasteiger partial charge >= 0.3 is 5.97 Å². The Bertz CT molecular complexity index is 409. The van der Waals surface area contributed by atoms with Crippen LogP contribution in [-0.4, -0.2) is 17.2 Å². The van der Waals surface area contributed by atoms with E-state index in [0.717, 1.165) is 16.9 Å². The van der Waals surface area contributed by atoms with Gasteiger partial charge < -0.3 is 9.84 Å². The summed E-state index contributed by atoms with van der Waals surface area (Å²) >= 11 is 0. The van der Waals surface area contributed by atoms with Gasteiger partial charge in [0.15, 0.2) is 0 Å². The Morgan fingerprint density at radius 3 is 1.95 bits per heavy atom. The first-order valence-corrected chi connectivity index (χ1v) is 6.84. The van der Waals surface area contributed by atoms with Crippen LogP contribution < -0.4 is 4.74 Å². The summed E-state index contributed by atoms with van der Waals surface area (Å²) in [5.74, 6) is 0.735. The van der Waals surface area contributed by atoms with Crippen LogP contribution in [0.3, 0.4) is 0 Å². The lowest BCUT2D eigenvalue weighted by atomic mass is 9.94. The molecule has 0 heterocycles. The lowest BCUT2D eigenvalue weighted by molar-refractivity contribution is -0.138. The molecule has 0 saturated heterocycles. The predicted octanol–water partition coefficient (Wildman–Crippen LogP) is 4.18. The van der Waals surface area contributed by atoms with E-state index in [-0.39, 0.29) is 12.5 Å². The Kier molecular flexibility index (Phi) is 5.40. The molecule has 0 aliphatic rings. The van der Waals surface area contributed by atoms with Crippen molar-refractivity contribution in [1.82, 2.24) is 0 Å². The molecular formula is C16H24O3. The summed E-state index contributed by atoms with van der Waals surface area (Å²) in [6.07, 6.45) is -0.306. The lowest BCUT2D eigenvalue weighted by Gasteiger charge is -2.22. The molecule has 1 rings (SSSR count). The summed E-state index contributed by atoms with van der Waals surface area (Å²) in [6, 6.07) is 6.15. The maximum Gasteiger partial charge on any atom is 0.307 e. The molecule has 0 aromatic heterocycles. The number of carbonyl (C=O) groups is 1. The van der Waals surface area contributed by atoms with E-state index in [9.17, 15) is 4.79 Å². The van der Waals surface area contributed by atoms with Crippen LogP contribution in [0.5, 0.6) is 5.75 Å². The Balaban J connectivity index is 3.10. The van der Waals surface area contributed by atoms with Crippen molar-refractivity contribution in [3.63, 3.8) is 0 Å². The van der Waals surface area contributed by atoms with Crippen molar-refractivity contribution >= 4 is 5.97 Å². The second-order valence-corrected chi connectivity index (χ2v) is 5.60. The number of carboxylic acid groups (broad SMARTS) is 1. The molecule has 1 atom stereocenters. The molecule has 0 fully saturated rings. The third kappa shape index (κ3) is 4.27. The van der Waals surface area contributed by atoms with Gasteiger partial charge in [-0.2, -0.15) is 0 Å². The van der Waals surface area contributed by atoms with Gasteiger partial charge in [-0.15, -0.1) is 0 Å². The molecule has 0 radical (unpaired) electrons. The largest absolute Gasteiger partial charge is 0.490 e. The number of hydrogen-bond acceptors (Lipinski definition) is 2. The van der Waals surface area contributed by atoms with Gasteiger partial charge in [0.1, 0.15) is 11.9 Å². The van der Waals surface area contributed by atoms with E-state index < -0.39 is 5.97 Å². The Morgan fingerprint density at radius 1 is 1.11 bits per heavy atom. The fraction of sp³-hybridized carbons (Fsp3) is 0.562. The molecule has 0 amide bonds. The van der Waals surface area contributed by atoms with Gasteiger partial charge in [-0.05, 0) is 29.9 Å². The van der Waals surface area contributed by atoms with Crippen molar-refractivity contribution in [1.29, 1.82) is 0 Å². The quantitative estimate of drug-likeness (QED) is 0.838. The van der Waals surface area contributed by atoms with Crippen molar-refractivity contribution in [2.45, 2.75) is 59.0 Å². The van der Waals surface area contributed by atoms with Crippen molar-refractivity contribution in [2.75, 3.05) is 0 Å². The number of benzene rings is 1. The van der Waals surface area contributed by atoms with Crippen molar-refractivity contribution in [3.8, 4) is 5.75 Å². The standard InChI is InChI=1S/C16H24O3/c1-10(2)13-7-6-8-14(11(3)4)16(13)19-12(5)9-15(17)18/h6-8,10-12H,9H2,1-5H3,(H,17,18)/t12-/m1/s1. The average Bonchev–Trinajstić information content (AvgIpc) is 2.27. The summed E-state index contributed by atoms with van der Waals surface area (Å²) in [5, 5.41) is 8.84. The summed E-state index contributed by atoms with van der Waals surface area (Å²) in [6.45, 7) is 10.3. The molecule has 0 unspecified atom stereocenters. The molecule has 106 valence electrons. The van der Waals surface area contributed by atoms with E-state index in [0.29, 0.717) is 11.8 Å². The van der Waals surface area contributed by atoms with Crippen LogP contribution in [0, 0.1) is 0 Å². The molecule has 3 nitrogen and oxygen atoms in total. The highest BCUT2D eigenvalue weighted by molar-refractivity contribution is 5.67. The fourth-order valence-electron chi connectivity index (χ4n) is 2.11. The van der Waals surface area contributed by atoms with Crippen molar-refractivity contribution in [3.05, 3.63) is 29.3 Å². The monoisotopic (exact) mass is 264 g/mol. The number of aliphatic carboxylic acids is 1. The molecule has 1 N–H and O–H groups in total. The zero-order valence-corrected chi connectivity index (χ0v) is 12.4. The van der Waals surface area contributed by atoms with Crippen LogP contribution in [0.15, 0.2) is 18.2 Å². The summed E-state index contributed by atoms with van der Waals surface area (Å²) in [7, 11) is 0. The van der Waals surface area contributed by atoms with Crippen LogP contribution in [0.25, 0.3) is 0 Å². The van der Waals surface area contributed by atoms with Crippen molar-refractivity contribution in [2.24, 2.45) is 0 Å². The Morgan fingerprint density at radius 2 is 1.58 bits per heavy atom. The third-order valence-corrected chi connectivity index (χ3v) is 3.10. The van der Waals surface area contributed by atoms with E-state index >= 15 is 0 Å². The van der Waals surface area contributed by atoms with Gasteiger partial charge in [-0.3, -0.25) is 4.79 Å². The normalized spacial score (nSPS) is 12.8. The van der Waals surface area contributed by atoms with E-state index in [4.69, 9.17) is 9.84 Å². The number of rotatable bonds is 6. The third-order valence-electron chi connectivity index (χ3n) is 3.10. The lowest BCUT2D eigenvalue weighted by Crippen LogP contribution is -2.18. The number of para-hydroxylation sites is 1. The fourth-order valence-corrected chi connectivity index (χ4v) is 2.11. The Labute approximate surface area is 115 Å². The molecule has 0 spiro atoms. The topological polar surface area (TPSA) is 46.5 Å². The molecule has 1 aromatic rings. The smallest absolute Gasteiger partial charge is 0.307 e. The van der Waals surface area contributed by atoms with Crippen molar-refractivity contribution < 1.29 is 14.6 Å². The van der Waals surface area contributed by atoms with E-state index in [1.807, 2.05) is 6.07 Å². The number of hydrogen-bond donors (Lipinski definition) is 1. The molecule has 1 aromatic carbocycles. The Hall–Kier alpha value is -1.51. The van der Waals surface area contributed by atoms with Gasteiger partial charge in [0, 0.05) is 0 Å². The zero-order chi connectivity index (χ0) is 14.6. The van der Waals surface area contributed by atoms with Gasteiger partial charge in [0.2, 0.25) is 0 Å². The van der Waals surface area contributed by atoms with Crippen LogP contribution in [0.1, 0.15) is 64.0 Å². The second kappa shape index (κ2) is 6.60. The minimum atomic E-state index is -0.833. The highest BCUT2D eigenvalue weighted by atomic mass is 16.5. The number of carboxylic acids is 1. The summed E-state index contributed by atoms with van der Waals surface area (Å²) in [5.41, 5.74) is 2.28. The molecule has 3 heteroatoms. The zero-order valence-electron chi connectivity index (χ0n) is 12.4. The van der Waals surface area contributed by atoms with Gasteiger partial charge in [0.05, 0.1) is 6.42 Å². The SMILES string of the molecule is CC(C)c1cccc(C(C)C)c1O[C@H](C)CC(=O)O. The maximum absolute atomic E-state index is 10.8. The first kappa shape index (κ1) is 15.5. The molecule has 0 bridgehead atoms. The minimum absolute atomic E-state index is 0.0178. The maximum atomic E-state index is 10.8. The highest BCUT2D eigenvalue weighted by Crippen LogP contribution is 2.35. The van der Waals surface area contributed by atoms with Crippen LogP contribution in [0.4, 0.5) is 0 Å². The summed E-state index contributed by atoms with van der Waals surface area (Å²) < 4.78 is 5.93. The first-order valence-electron chi connectivity index (χ1n) is 6.84. The van der Waals surface area contributed by atoms with Crippen LogP contribution >= 0.6 is 0 Å². The molecule has 0 aliphatic carbocycles. The van der Waals surface area contributed by atoms with Crippen LogP contribution in [0.2, 0.25) is 0 Å². The van der Waals surface area contributed by atoms with E-state index in [1.54, 1.807) is 6.92 Å². The molecule has 0 aliphatic heterocycles. The second-order valence-electron chi connectivity index (χ2n) is 5.60. The van der Waals surface area contributed by atoms with Gasteiger partial charge in [-0.1, -0.05) is 45.9 Å². The molecule has 0 saturated carbocycles. The van der Waals surface area contributed by atoms with Gasteiger partial charge in [-0.25, -0.2) is 0 Å². The van der Waals surface area contributed by atoms with Gasteiger partial charge in [0.25, 0.3) is 0 Å². The first-order chi connectivity index (χ1) is 8.82. The van der Waals surface area contributed by atoms with E-state index in [2.05, 4.69) is 39.8 Å². The number of ether oxygens (including phenoxy) is 1. The molecular weight excluding hydrogens is 240 g/mol. The average molecular weight is 264 g/mol. The van der Waals surface area contributed by atoms with Crippen LogP contribution in [-0.2, 0) is 4.79 Å². The summed E-state index contributed by atoms with van der Waals surface area (Å²) in [4.78, 5) is 10.8. The predicted molar refractivity (Wildman–Crippen MR) is 77.0 cm³/mol. The molecule has 19 heavy (non-hydrogen) atoms.